The van der Waals surface area contributed by atoms with Gasteiger partial charge in [0.15, 0.2) is 11.6 Å². The van der Waals surface area contributed by atoms with Crippen LogP contribution in [0.15, 0.2) is 84.9 Å². The molecule has 11 nitrogen and oxygen atoms in total. The first-order chi connectivity index (χ1) is 27.1. The maximum absolute atomic E-state index is 13.5. The average Bonchev–Trinajstić information content (AvgIpc) is 3.84. The van der Waals surface area contributed by atoms with Crippen LogP contribution in [0.25, 0.3) is 44.6 Å². The Morgan fingerprint density at radius 3 is 1.55 bits per heavy atom. The van der Waals surface area contributed by atoms with Gasteiger partial charge in [-0.15, -0.1) is 0 Å². The summed E-state index contributed by atoms with van der Waals surface area (Å²) in [6.07, 6.45) is 6.13. The molecule has 2 aromatic heterocycles. The number of rotatable bonds is 9. The van der Waals surface area contributed by atoms with E-state index < -0.39 is 5.97 Å². The van der Waals surface area contributed by atoms with Gasteiger partial charge in [0.2, 0.25) is 0 Å². The van der Waals surface area contributed by atoms with Gasteiger partial charge >= 0.3 is 41.5 Å². The molecule has 2 aliphatic rings. The van der Waals surface area contributed by atoms with Gasteiger partial charge in [-0.3, -0.25) is 0 Å². The van der Waals surface area contributed by atoms with Crippen molar-refractivity contribution in [3.8, 4) is 22.5 Å². The molecule has 0 spiro atoms. The summed E-state index contributed by atoms with van der Waals surface area (Å²) < 4.78 is 32.1. The number of anilines is 2. The minimum Gasteiger partial charge on any atom is -0.870 e. The van der Waals surface area contributed by atoms with Crippen molar-refractivity contribution < 1.29 is 63.2 Å². The van der Waals surface area contributed by atoms with Crippen LogP contribution in [-0.2, 0) is 4.74 Å². The van der Waals surface area contributed by atoms with Gasteiger partial charge in [-0.1, -0.05) is 13.3 Å². The molecule has 14 heteroatoms. The third kappa shape index (κ3) is 9.78. The van der Waals surface area contributed by atoms with E-state index in [2.05, 4.69) is 30.6 Å². The normalized spacial score (nSPS) is 16.0. The fourth-order valence-electron chi connectivity index (χ4n) is 7.24. The number of fused-ring (bicyclic) bond motifs is 2. The van der Waals surface area contributed by atoms with Gasteiger partial charge in [0.05, 0.1) is 39.8 Å². The topological polar surface area (TPSA) is 152 Å². The molecule has 2 N–H and O–H groups in total. The smallest absolute Gasteiger partial charge is 0.870 e. The first kappa shape index (κ1) is 44.0. The Kier molecular flexibility index (Phi) is 14.9. The second-order valence-corrected chi connectivity index (χ2v) is 14.4. The number of carboxylic acids is 1. The van der Waals surface area contributed by atoms with Crippen molar-refractivity contribution in [3.05, 3.63) is 108 Å². The number of aromatic carboxylic acids is 1. The fourth-order valence-corrected chi connectivity index (χ4v) is 7.24. The summed E-state index contributed by atoms with van der Waals surface area (Å²) in [7, 11) is 0. The van der Waals surface area contributed by atoms with Crippen LogP contribution in [-0.4, -0.2) is 74.2 Å². The molecule has 6 aromatic rings. The van der Waals surface area contributed by atoms with Crippen LogP contribution in [0.4, 0.5) is 20.4 Å². The summed E-state index contributed by atoms with van der Waals surface area (Å²) in [5.41, 5.74) is 6.19. The second kappa shape index (κ2) is 19.6. The largest absolute Gasteiger partial charge is 1.00 e. The van der Waals surface area contributed by atoms with Crippen molar-refractivity contribution >= 4 is 45.6 Å². The van der Waals surface area contributed by atoms with Gasteiger partial charge in [-0.05, 0) is 131 Å². The van der Waals surface area contributed by atoms with Gasteiger partial charge < -0.3 is 25.1 Å². The Bertz CT molecular complexity index is 2380. The minimum atomic E-state index is -0.993. The predicted octanol–water partition coefficient (Wildman–Crippen LogP) is 6.33. The molecule has 2 fully saturated rings. The number of carbonyl (C=O) groups excluding carboxylic acids is 1. The number of nitrogens with zero attached hydrogens (tertiary/aromatic N) is 6. The zero-order valence-electron chi connectivity index (χ0n) is 33.2. The Hall–Kier alpha value is -5.08. The molecule has 2 atom stereocenters. The Balaban J connectivity index is 0.000000215. The molecule has 4 heterocycles. The first-order valence-corrected chi connectivity index (χ1v) is 19.2. The van der Waals surface area contributed by atoms with E-state index >= 15 is 0 Å². The number of halogens is 2. The second-order valence-electron chi connectivity index (χ2n) is 14.4. The van der Waals surface area contributed by atoms with Crippen molar-refractivity contribution in [3.63, 3.8) is 0 Å². The van der Waals surface area contributed by atoms with Crippen molar-refractivity contribution in [1.82, 2.24) is 19.9 Å². The maximum Gasteiger partial charge on any atom is 1.00 e. The average molecular weight is 799 g/mol. The quantitative estimate of drug-likeness (QED) is 0.0993. The van der Waals surface area contributed by atoms with E-state index in [0.29, 0.717) is 52.0 Å². The molecule has 2 aliphatic heterocycles. The Morgan fingerprint density at radius 2 is 1.14 bits per heavy atom. The number of aromatic nitrogens is 4. The van der Waals surface area contributed by atoms with E-state index in [4.69, 9.17) is 24.7 Å². The monoisotopic (exact) mass is 798 g/mol. The number of hydrogen-bond acceptors (Lipinski definition) is 10. The van der Waals surface area contributed by atoms with Crippen LogP contribution >= 0.6 is 0 Å². The van der Waals surface area contributed by atoms with Crippen molar-refractivity contribution in [2.24, 2.45) is 0 Å². The van der Waals surface area contributed by atoms with E-state index in [1.165, 1.54) is 30.3 Å². The Morgan fingerprint density at radius 1 is 0.690 bits per heavy atom. The molecule has 2 saturated heterocycles. The minimum absolute atomic E-state index is 0. The first-order valence-electron chi connectivity index (χ1n) is 19.2. The van der Waals surface area contributed by atoms with Crippen LogP contribution in [0.5, 0.6) is 0 Å². The number of unbranched alkanes of at least 4 members (excludes halogenated alkanes) is 1. The van der Waals surface area contributed by atoms with Crippen molar-refractivity contribution in [2.45, 2.75) is 71.4 Å². The molecule has 0 saturated carbocycles. The number of esters is 1. The van der Waals surface area contributed by atoms with Gasteiger partial charge in [0.25, 0.3) is 0 Å². The zero-order valence-corrected chi connectivity index (χ0v) is 35.2. The van der Waals surface area contributed by atoms with Gasteiger partial charge in [0, 0.05) is 36.3 Å². The SMILES string of the molecule is CCCCOC(=O)c1ccc2nc(-c3ccc(F)cc3)c(N3CCC[C@@H]3C)nc2c1.C[C@H]1CCCN1c1nc2cc(C(=O)O)ccc2nc1-c1ccc(F)cc1.[Na+].[OH-]. The molecule has 8 rings (SSSR count). The molecule has 0 unspecified atom stereocenters. The van der Waals surface area contributed by atoms with Crippen LogP contribution in [0.3, 0.4) is 0 Å². The number of hydrogen-bond donors (Lipinski definition) is 1. The molecule has 58 heavy (non-hydrogen) atoms. The third-order valence-corrected chi connectivity index (χ3v) is 10.4. The molecule has 0 aliphatic carbocycles. The molecule has 296 valence electrons. The Labute approximate surface area is 358 Å². The molecule has 0 amide bonds. The van der Waals surface area contributed by atoms with Crippen LogP contribution in [0.2, 0.25) is 0 Å². The molecule has 4 aromatic carbocycles. The van der Waals surface area contributed by atoms with Crippen molar-refractivity contribution in [1.29, 1.82) is 0 Å². The molecular formula is C44H45F2N6NaO5. The summed E-state index contributed by atoms with van der Waals surface area (Å²) in [6, 6.07) is 23.2. The van der Waals surface area contributed by atoms with Gasteiger partial charge in [-0.2, -0.15) is 0 Å². The predicted molar refractivity (Wildman–Crippen MR) is 216 cm³/mol. The number of ether oxygens (including phenoxy) is 1. The number of benzene rings is 4. The van der Waals surface area contributed by atoms with Crippen LogP contribution in [0.1, 0.15) is 80.0 Å². The standard InChI is InChI=1S/C24H26FN3O2.C20H18FN3O2.Na.H2O/c1-3-4-14-30-24(29)18-9-12-20-21(15-18)27-23(28-13-5-6-16(28)2)22(26-20)17-7-10-19(25)11-8-17;1-12-3-2-10-24(12)19-18(13-4-7-15(21)8-5-13)22-16-9-6-14(20(25)26)11-17(16)23-19;;/h7-12,15-16H,3-6,13-14H2,1-2H3;4-9,11-12H,2-3,10H2,1H3,(H,25,26);;1H2/q;;+1;/p-1/t16-;12-;;/m00../s1. The van der Waals surface area contributed by atoms with E-state index in [0.717, 1.165) is 80.1 Å². The summed E-state index contributed by atoms with van der Waals surface area (Å²) in [5, 5.41) is 9.23. The zero-order chi connectivity index (χ0) is 39.3. The molecule has 0 radical (unpaired) electrons. The van der Waals surface area contributed by atoms with Crippen LogP contribution in [0, 0.1) is 11.6 Å². The summed E-state index contributed by atoms with van der Waals surface area (Å²) in [4.78, 5) is 47.3. The number of carbonyl (C=O) groups is 2. The van der Waals surface area contributed by atoms with E-state index in [9.17, 15) is 23.5 Å². The molecular weight excluding hydrogens is 754 g/mol. The van der Waals surface area contributed by atoms with Crippen LogP contribution < -0.4 is 39.4 Å². The summed E-state index contributed by atoms with van der Waals surface area (Å²) >= 11 is 0. The maximum atomic E-state index is 13.5. The van der Waals surface area contributed by atoms with Gasteiger partial charge in [-0.25, -0.2) is 38.3 Å². The van der Waals surface area contributed by atoms with E-state index in [-0.39, 0.29) is 58.2 Å². The van der Waals surface area contributed by atoms with Gasteiger partial charge in [0.1, 0.15) is 23.0 Å². The summed E-state index contributed by atoms with van der Waals surface area (Å²) in [6.45, 7) is 8.55. The third-order valence-electron chi connectivity index (χ3n) is 10.4. The fraction of sp³-hybridized carbons (Fsp3) is 0.318. The van der Waals surface area contributed by atoms with Crippen molar-refractivity contribution in [2.75, 3.05) is 29.5 Å². The van der Waals surface area contributed by atoms with E-state index in [1.54, 1.807) is 54.6 Å². The summed E-state index contributed by atoms with van der Waals surface area (Å²) in [5.74, 6) is -0.426. The number of carboxylic acid groups (broad SMARTS) is 1. The molecule has 0 bridgehead atoms. The van der Waals surface area contributed by atoms with E-state index in [1.807, 2.05) is 0 Å².